The lowest BCUT2D eigenvalue weighted by molar-refractivity contribution is -0.131. The standard InChI is InChI=1S/C23H21FN2O4/c24-17-9-5-16(6-10-17)14-30-19-11-7-15(8-12-19)13-20-21(27)25-23(29)26(22(20)28)18-3-1-2-4-18/h5-13,18H,1-4,14H2,(H,25,27,29)/b20-13+. The molecule has 1 aliphatic carbocycles. The molecule has 1 saturated heterocycles. The van der Waals surface area contributed by atoms with Crippen LogP contribution in [0.2, 0.25) is 0 Å². The minimum absolute atomic E-state index is 0.0542. The second-order valence-electron chi connectivity index (χ2n) is 7.41. The second-order valence-corrected chi connectivity index (χ2v) is 7.41. The number of halogens is 1. The Balaban J connectivity index is 1.46. The molecule has 0 atom stereocenters. The monoisotopic (exact) mass is 408 g/mol. The van der Waals surface area contributed by atoms with Gasteiger partial charge in [0.15, 0.2) is 0 Å². The number of amides is 4. The van der Waals surface area contributed by atoms with Crippen LogP contribution >= 0.6 is 0 Å². The third kappa shape index (κ3) is 4.25. The van der Waals surface area contributed by atoms with Crippen molar-refractivity contribution in [1.82, 2.24) is 10.2 Å². The number of barbiturate groups is 1. The number of ether oxygens (including phenoxy) is 1. The van der Waals surface area contributed by atoms with E-state index in [1.54, 1.807) is 36.4 Å². The highest BCUT2D eigenvalue weighted by Crippen LogP contribution is 2.27. The summed E-state index contributed by atoms with van der Waals surface area (Å²) in [5.41, 5.74) is 1.42. The zero-order valence-electron chi connectivity index (χ0n) is 16.3. The van der Waals surface area contributed by atoms with Crippen molar-refractivity contribution < 1.29 is 23.5 Å². The molecule has 1 saturated carbocycles. The van der Waals surface area contributed by atoms with Gasteiger partial charge in [-0.3, -0.25) is 19.8 Å². The van der Waals surface area contributed by atoms with Crippen molar-refractivity contribution in [3.05, 3.63) is 71.0 Å². The van der Waals surface area contributed by atoms with Crippen LogP contribution in [-0.4, -0.2) is 28.8 Å². The first-order valence-electron chi connectivity index (χ1n) is 9.89. The summed E-state index contributed by atoms with van der Waals surface area (Å²) in [5.74, 6) is -0.933. The van der Waals surface area contributed by atoms with Crippen LogP contribution in [-0.2, 0) is 16.2 Å². The van der Waals surface area contributed by atoms with E-state index in [1.165, 1.54) is 23.1 Å². The summed E-state index contributed by atoms with van der Waals surface area (Å²) < 4.78 is 18.6. The molecular weight excluding hydrogens is 387 g/mol. The lowest BCUT2D eigenvalue weighted by Gasteiger charge is -2.31. The zero-order valence-corrected chi connectivity index (χ0v) is 16.3. The smallest absolute Gasteiger partial charge is 0.331 e. The number of carbonyl (C=O) groups is 3. The zero-order chi connectivity index (χ0) is 21.1. The molecule has 2 aliphatic rings. The van der Waals surface area contributed by atoms with Crippen LogP contribution in [0, 0.1) is 5.82 Å². The highest BCUT2D eigenvalue weighted by atomic mass is 19.1. The summed E-state index contributed by atoms with van der Waals surface area (Å²) in [4.78, 5) is 38.4. The summed E-state index contributed by atoms with van der Waals surface area (Å²) in [6.07, 6.45) is 4.94. The molecule has 0 bridgehead atoms. The molecule has 4 rings (SSSR count). The molecule has 1 aliphatic heterocycles. The molecule has 0 radical (unpaired) electrons. The maximum absolute atomic E-state index is 13.0. The molecule has 1 N–H and O–H groups in total. The van der Waals surface area contributed by atoms with Gasteiger partial charge >= 0.3 is 6.03 Å². The molecule has 30 heavy (non-hydrogen) atoms. The van der Waals surface area contributed by atoms with Gasteiger partial charge in [-0.1, -0.05) is 37.1 Å². The fraction of sp³-hybridized carbons (Fsp3) is 0.261. The summed E-state index contributed by atoms with van der Waals surface area (Å²) in [5, 5.41) is 2.27. The molecule has 2 aromatic rings. The van der Waals surface area contributed by atoms with Crippen molar-refractivity contribution in [2.45, 2.75) is 38.3 Å². The maximum atomic E-state index is 13.0. The molecule has 0 spiro atoms. The number of imide groups is 2. The van der Waals surface area contributed by atoms with E-state index in [4.69, 9.17) is 4.74 Å². The predicted octanol–water partition coefficient (Wildman–Crippen LogP) is 3.81. The molecule has 1 heterocycles. The third-order valence-electron chi connectivity index (χ3n) is 5.33. The van der Waals surface area contributed by atoms with E-state index in [0.717, 1.165) is 31.2 Å². The van der Waals surface area contributed by atoms with E-state index < -0.39 is 17.8 Å². The van der Waals surface area contributed by atoms with Crippen LogP contribution in [0.15, 0.2) is 54.1 Å². The second kappa shape index (κ2) is 8.49. The average molecular weight is 408 g/mol. The van der Waals surface area contributed by atoms with E-state index in [2.05, 4.69) is 5.32 Å². The Hall–Kier alpha value is -3.48. The molecule has 6 nitrogen and oxygen atoms in total. The van der Waals surface area contributed by atoms with Gasteiger partial charge in [0.2, 0.25) is 0 Å². The maximum Gasteiger partial charge on any atom is 0.331 e. The van der Waals surface area contributed by atoms with Crippen LogP contribution in [0.4, 0.5) is 9.18 Å². The van der Waals surface area contributed by atoms with Crippen molar-refractivity contribution >= 4 is 23.9 Å². The SMILES string of the molecule is O=C1NC(=O)N(C2CCCC2)C(=O)/C1=C/c1ccc(OCc2ccc(F)cc2)cc1. The number of nitrogens with one attached hydrogen (secondary N) is 1. The Labute approximate surface area is 173 Å². The predicted molar refractivity (Wildman–Crippen MR) is 108 cm³/mol. The minimum atomic E-state index is -0.684. The number of hydrogen-bond acceptors (Lipinski definition) is 4. The normalized spacial score (nSPS) is 18.8. The Bertz CT molecular complexity index is 993. The topological polar surface area (TPSA) is 75.7 Å². The van der Waals surface area contributed by atoms with E-state index in [1.807, 2.05) is 0 Å². The molecule has 0 unspecified atom stereocenters. The molecule has 4 amide bonds. The lowest BCUT2D eigenvalue weighted by Crippen LogP contribution is -2.57. The van der Waals surface area contributed by atoms with Gasteiger partial charge in [-0.05, 0) is 54.3 Å². The Morgan fingerprint density at radius 2 is 1.67 bits per heavy atom. The highest BCUT2D eigenvalue weighted by molar-refractivity contribution is 6.31. The summed E-state index contributed by atoms with van der Waals surface area (Å²) in [6.45, 7) is 0.292. The van der Waals surface area contributed by atoms with Gasteiger partial charge in [-0.2, -0.15) is 0 Å². The highest BCUT2D eigenvalue weighted by Gasteiger charge is 2.40. The number of benzene rings is 2. The summed E-state index contributed by atoms with van der Waals surface area (Å²) in [6, 6.07) is 12.2. The van der Waals surface area contributed by atoms with E-state index in [-0.39, 0.29) is 17.4 Å². The Kier molecular flexibility index (Phi) is 5.61. The van der Waals surface area contributed by atoms with Crippen LogP contribution in [0.25, 0.3) is 6.08 Å². The van der Waals surface area contributed by atoms with Gasteiger partial charge in [0, 0.05) is 6.04 Å². The van der Waals surface area contributed by atoms with Crippen molar-refractivity contribution in [3.8, 4) is 5.75 Å². The van der Waals surface area contributed by atoms with E-state index >= 15 is 0 Å². The van der Waals surface area contributed by atoms with Gasteiger partial charge in [-0.15, -0.1) is 0 Å². The van der Waals surface area contributed by atoms with Gasteiger partial charge in [0.1, 0.15) is 23.7 Å². The van der Waals surface area contributed by atoms with E-state index in [0.29, 0.717) is 17.9 Å². The Morgan fingerprint density at radius 1 is 1.00 bits per heavy atom. The first-order valence-corrected chi connectivity index (χ1v) is 9.89. The summed E-state index contributed by atoms with van der Waals surface area (Å²) in [7, 11) is 0. The first kappa shape index (κ1) is 19.8. The number of urea groups is 1. The van der Waals surface area contributed by atoms with Crippen LogP contribution < -0.4 is 10.1 Å². The average Bonchev–Trinajstić information content (AvgIpc) is 3.26. The third-order valence-corrected chi connectivity index (χ3v) is 5.33. The van der Waals surface area contributed by atoms with Crippen LogP contribution in [0.1, 0.15) is 36.8 Å². The van der Waals surface area contributed by atoms with Gasteiger partial charge in [0.25, 0.3) is 11.8 Å². The molecular formula is C23H21FN2O4. The quantitative estimate of drug-likeness (QED) is 0.603. The number of nitrogens with zero attached hydrogens (tertiary/aromatic N) is 1. The number of rotatable bonds is 5. The largest absolute Gasteiger partial charge is 0.489 e. The lowest BCUT2D eigenvalue weighted by atomic mass is 10.1. The van der Waals surface area contributed by atoms with Crippen molar-refractivity contribution in [3.63, 3.8) is 0 Å². The summed E-state index contributed by atoms with van der Waals surface area (Å²) >= 11 is 0. The van der Waals surface area contributed by atoms with Gasteiger partial charge in [-0.25, -0.2) is 9.18 Å². The number of carbonyl (C=O) groups excluding carboxylic acids is 3. The molecule has 2 aromatic carbocycles. The Morgan fingerprint density at radius 3 is 2.33 bits per heavy atom. The molecule has 7 heteroatoms. The van der Waals surface area contributed by atoms with E-state index in [9.17, 15) is 18.8 Å². The molecule has 0 aromatic heterocycles. The molecule has 154 valence electrons. The van der Waals surface area contributed by atoms with Crippen molar-refractivity contribution in [2.75, 3.05) is 0 Å². The van der Waals surface area contributed by atoms with Crippen molar-refractivity contribution in [2.24, 2.45) is 0 Å². The fourth-order valence-electron chi connectivity index (χ4n) is 3.74. The van der Waals surface area contributed by atoms with Crippen LogP contribution in [0.3, 0.4) is 0 Å². The van der Waals surface area contributed by atoms with Crippen LogP contribution in [0.5, 0.6) is 5.75 Å². The first-order chi connectivity index (χ1) is 14.5. The molecule has 2 fully saturated rings. The number of hydrogen-bond donors (Lipinski definition) is 1. The van der Waals surface area contributed by atoms with Crippen molar-refractivity contribution in [1.29, 1.82) is 0 Å². The fourth-order valence-corrected chi connectivity index (χ4v) is 3.74. The van der Waals surface area contributed by atoms with Gasteiger partial charge < -0.3 is 4.74 Å². The van der Waals surface area contributed by atoms with Gasteiger partial charge in [0.05, 0.1) is 0 Å². The minimum Gasteiger partial charge on any atom is -0.489 e.